The molecule has 29 heavy (non-hydrogen) atoms. The molecular weight excluding hydrogens is 434 g/mol. The molecule has 0 aliphatic carbocycles. The Morgan fingerprint density at radius 3 is 2.55 bits per heavy atom. The molecule has 0 aliphatic rings. The van der Waals surface area contributed by atoms with E-state index in [0.29, 0.717) is 11.5 Å². The molecule has 6 nitrogen and oxygen atoms in total. The van der Waals surface area contributed by atoms with Crippen molar-refractivity contribution in [2.75, 3.05) is 19.5 Å². The monoisotopic (exact) mass is 455 g/mol. The van der Waals surface area contributed by atoms with E-state index >= 15 is 0 Å². The van der Waals surface area contributed by atoms with Crippen LogP contribution in [0.1, 0.15) is 12.5 Å². The zero-order valence-electron chi connectivity index (χ0n) is 16.4. The minimum Gasteiger partial charge on any atom is -0.493 e. The Bertz CT molecular complexity index is 1050. The second kappa shape index (κ2) is 9.43. The largest absolute Gasteiger partial charge is 0.493 e. The number of hydrogen-bond acceptors (Lipinski definition) is 5. The number of carbonyl (C=O) groups excluding carboxylic acids is 1. The smallest absolute Gasteiger partial charge is 0.262 e. The highest BCUT2D eigenvalue weighted by Crippen LogP contribution is 2.35. The third-order valence-corrected chi connectivity index (χ3v) is 4.96. The van der Waals surface area contributed by atoms with Crippen molar-refractivity contribution in [2.45, 2.75) is 13.0 Å². The minimum atomic E-state index is -0.453. The molecule has 150 valence electrons. The number of fused-ring (bicyclic) bond motifs is 1. The van der Waals surface area contributed by atoms with Crippen LogP contribution >= 0.6 is 15.9 Å². The molecule has 7 heteroatoms. The van der Waals surface area contributed by atoms with Gasteiger partial charge in [0.25, 0.3) is 5.91 Å². The first-order chi connectivity index (χ1) is 14.0. The average molecular weight is 456 g/mol. The molecule has 0 saturated carbocycles. The van der Waals surface area contributed by atoms with E-state index in [1.807, 2.05) is 42.5 Å². The highest BCUT2D eigenvalue weighted by molar-refractivity contribution is 9.10. The lowest BCUT2D eigenvalue weighted by molar-refractivity contribution is -0.121. The minimum absolute atomic E-state index is 0.242. The lowest BCUT2D eigenvalue weighted by atomic mass is 10.1. The topological polar surface area (TPSA) is 72.0 Å². The number of rotatable bonds is 7. The van der Waals surface area contributed by atoms with Crippen molar-refractivity contribution < 1.29 is 14.3 Å². The quantitative estimate of drug-likeness (QED) is 0.404. The third kappa shape index (κ3) is 5.06. The molecule has 1 unspecified atom stereocenters. The van der Waals surface area contributed by atoms with Crippen molar-refractivity contribution in [1.82, 2.24) is 5.43 Å². The van der Waals surface area contributed by atoms with E-state index in [9.17, 15) is 4.79 Å². The van der Waals surface area contributed by atoms with E-state index in [2.05, 4.69) is 37.8 Å². The maximum Gasteiger partial charge on any atom is 0.262 e. The van der Waals surface area contributed by atoms with E-state index in [1.54, 1.807) is 33.4 Å². The number of benzene rings is 3. The summed E-state index contributed by atoms with van der Waals surface area (Å²) in [7, 11) is 3.13. The Balaban J connectivity index is 1.63. The van der Waals surface area contributed by atoms with E-state index in [4.69, 9.17) is 9.47 Å². The molecule has 1 atom stereocenters. The molecule has 0 saturated heterocycles. The van der Waals surface area contributed by atoms with Gasteiger partial charge in [-0.3, -0.25) is 4.79 Å². The Morgan fingerprint density at radius 2 is 1.83 bits per heavy atom. The van der Waals surface area contributed by atoms with E-state index in [0.717, 1.165) is 26.5 Å². The van der Waals surface area contributed by atoms with Gasteiger partial charge in [0, 0.05) is 5.69 Å². The van der Waals surface area contributed by atoms with Crippen LogP contribution in [0.5, 0.6) is 11.5 Å². The van der Waals surface area contributed by atoms with Gasteiger partial charge < -0.3 is 14.8 Å². The Kier molecular flexibility index (Phi) is 6.72. The fourth-order valence-electron chi connectivity index (χ4n) is 2.87. The van der Waals surface area contributed by atoms with Crippen LogP contribution < -0.4 is 20.2 Å². The number of nitrogens with zero attached hydrogens (tertiary/aromatic N) is 1. The van der Waals surface area contributed by atoms with Crippen molar-refractivity contribution >= 4 is 44.5 Å². The van der Waals surface area contributed by atoms with Crippen LogP contribution in [0.4, 0.5) is 5.69 Å². The van der Waals surface area contributed by atoms with Gasteiger partial charge >= 0.3 is 0 Å². The molecule has 3 rings (SSSR count). The first-order valence-corrected chi connectivity index (χ1v) is 9.81. The number of ether oxygens (including phenoxy) is 2. The number of hydrazone groups is 1. The molecule has 0 aliphatic heterocycles. The Labute approximate surface area is 178 Å². The van der Waals surface area contributed by atoms with Crippen LogP contribution in [0.2, 0.25) is 0 Å². The number of halogens is 1. The van der Waals surface area contributed by atoms with Crippen molar-refractivity contribution in [3.8, 4) is 11.5 Å². The molecule has 2 N–H and O–H groups in total. The number of anilines is 1. The van der Waals surface area contributed by atoms with E-state index in [1.165, 1.54) is 0 Å². The number of hydrogen-bond donors (Lipinski definition) is 2. The number of amides is 1. The standard InChI is InChI=1S/C22H22BrN3O3/c1-14(25-18-9-8-16-6-4-5-7-17(16)12-18)22(27)26-24-13-15-10-19(23)21(29-3)20(11-15)28-2/h4-14,25H,1-3H3,(H,26,27). The summed E-state index contributed by atoms with van der Waals surface area (Å²) in [4.78, 5) is 12.4. The first-order valence-electron chi connectivity index (χ1n) is 9.01. The van der Waals surface area contributed by atoms with Crippen LogP contribution in [-0.2, 0) is 4.79 Å². The summed E-state index contributed by atoms with van der Waals surface area (Å²) in [5.74, 6) is 0.928. The van der Waals surface area contributed by atoms with Gasteiger partial charge in [0.05, 0.1) is 24.9 Å². The predicted octanol–water partition coefficient (Wildman–Crippen LogP) is 4.57. The van der Waals surface area contributed by atoms with Crippen LogP contribution in [-0.4, -0.2) is 32.4 Å². The summed E-state index contributed by atoms with van der Waals surface area (Å²) < 4.78 is 11.3. The van der Waals surface area contributed by atoms with Crippen LogP contribution in [0.3, 0.4) is 0 Å². The zero-order valence-corrected chi connectivity index (χ0v) is 18.0. The van der Waals surface area contributed by atoms with Gasteiger partial charge in [0.1, 0.15) is 6.04 Å². The summed E-state index contributed by atoms with van der Waals surface area (Å²) >= 11 is 3.43. The van der Waals surface area contributed by atoms with Gasteiger partial charge in [0.15, 0.2) is 11.5 Å². The molecule has 0 radical (unpaired) electrons. The van der Waals surface area contributed by atoms with Crippen LogP contribution in [0, 0.1) is 0 Å². The number of nitrogens with one attached hydrogen (secondary N) is 2. The summed E-state index contributed by atoms with van der Waals surface area (Å²) in [5, 5.41) is 9.51. The molecule has 0 spiro atoms. The summed E-state index contributed by atoms with van der Waals surface area (Å²) in [6.45, 7) is 1.78. The molecule has 3 aromatic carbocycles. The molecule has 0 aromatic heterocycles. The van der Waals surface area contributed by atoms with E-state index in [-0.39, 0.29) is 5.91 Å². The van der Waals surface area contributed by atoms with Gasteiger partial charge in [-0.05, 0) is 63.5 Å². The average Bonchev–Trinajstić information content (AvgIpc) is 2.73. The van der Waals surface area contributed by atoms with Crippen LogP contribution in [0.15, 0.2) is 64.2 Å². The molecule has 0 fully saturated rings. The summed E-state index contributed by atoms with van der Waals surface area (Å²) in [5.41, 5.74) is 4.18. The molecule has 3 aromatic rings. The predicted molar refractivity (Wildman–Crippen MR) is 120 cm³/mol. The van der Waals surface area contributed by atoms with Crippen molar-refractivity contribution in [3.63, 3.8) is 0 Å². The zero-order chi connectivity index (χ0) is 20.8. The number of methoxy groups -OCH3 is 2. The first kappa shape index (κ1) is 20.7. The third-order valence-electron chi connectivity index (χ3n) is 4.37. The normalized spacial score (nSPS) is 12.0. The van der Waals surface area contributed by atoms with Crippen molar-refractivity contribution in [1.29, 1.82) is 0 Å². The maximum atomic E-state index is 12.4. The second-order valence-corrected chi connectivity index (χ2v) is 7.25. The molecule has 0 heterocycles. The fourth-order valence-corrected chi connectivity index (χ4v) is 3.50. The molecule has 0 bridgehead atoms. The van der Waals surface area contributed by atoms with Gasteiger partial charge in [-0.1, -0.05) is 30.3 Å². The SMILES string of the molecule is COc1cc(C=NNC(=O)C(C)Nc2ccc3ccccc3c2)cc(Br)c1OC. The second-order valence-electron chi connectivity index (χ2n) is 6.40. The summed E-state index contributed by atoms with van der Waals surface area (Å²) in [6, 6.07) is 17.2. The Hall–Kier alpha value is -3.06. The molecular formula is C22H22BrN3O3. The molecule has 1 amide bonds. The van der Waals surface area contributed by atoms with Crippen molar-refractivity contribution in [2.24, 2.45) is 5.10 Å². The highest BCUT2D eigenvalue weighted by Gasteiger charge is 2.12. The summed E-state index contributed by atoms with van der Waals surface area (Å²) in [6.07, 6.45) is 1.55. The van der Waals surface area contributed by atoms with E-state index < -0.39 is 6.04 Å². The number of carbonyl (C=O) groups is 1. The van der Waals surface area contributed by atoms with Gasteiger partial charge in [-0.2, -0.15) is 5.10 Å². The highest BCUT2D eigenvalue weighted by atomic mass is 79.9. The van der Waals surface area contributed by atoms with Crippen LogP contribution in [0.25, 0.3) is 10.8 Å². The lowest BCUT2D eigenvalue weighted by Gasteiger charge is -2.14. The lowest BCUT2D eigenvalue weighted by Crippen LogP contribution is -2.34. The van der Waals surface area contributed by atoms with Gasteiger partial charge in [0.2, 0.25) is 0 Å². The van der Waals surface area contributed by atoms with Gasteiger partial charge in [-0.15, -0.1) is 0 Å². The Morgan fingerprint density at radius 1 is 1.07 bits per heavy atom. The fraction of sp³-hybridized carbons (Fsp3) is 0.182. The maximum absolute atomic E-state index is 12.4. The van der Waals surface area contributed by atoms with Crippen molar-refractivity contribution in [3.05, 3.63) is 64.6 Å². The van der Waals surface area contributed by atoms with Gasteiger partial charge in [-0.25, -0.2) is 5.43 Å².